The highest BCUT2D eigenvalue weighted by molar-refractivity contribution is 5.85. The van der Waals surface area contributed by atoms with E-state index in [0.717, 1.165) is 19.3 Å². The minimum absolute atomic E-state index is 0.0280. The van der Waals surface area contributed by atoms with Gasteiger partial charge in [0, 0.05) is 37.8 Å². The third-order valence-corrected chi connectivity index (χ3v) is 7.31. The Bertz CT molecular complexity index is 1330. The maximum absolute atomic E-state index is 12.5. The lowest BCUT2D eigenvalue weighted by Gasteiger charge is -2.24. The van der Waals surface area contributed by atoms with Crippen molar-refractivity contribution in [3.8, 4) is 6.07 Å². The molecule has 1 fully saturated rings. The van der Waals surface area contributed by atoms with E-state index in [-0.39, 0.29) is 49.8 Å². The van der Waals surface area contributed by atoms with Crippen LogP contribution in [-0.4, -0.2) is 89.5 Å². The van der Waals surface area contributed by atoms with Crippen LogP contribution in [0.25, 0.3) is 0 Å². The lowest BCUT2D eigenvalue weighted by molar-refractivity contribution is -0.156. The Morgan fingerprint density at radius 3 is 1.98 bits per heavy atom. The molecule has 0 spiro atoms. The van der Waals surface area contributed by atoms with Crippen LogP contribution >= 0.6 is 0 Å². The van der Waals surface area contributed by atoms with Crippen molar-refractivity contribution in [1.29, 1.82) is 5.26 Å². The number of carbonyl (C=O) groups excluding carboxylic acids is 4. The summed E-state index contributed by atoms with van der Waals surface area (Å²) in [5, 5.41) is 11.9. The van der Waals surface area contributed by atoms with Gasteiger partial charge in [0.15, 0.2) is 0 Å². The van der Waals surface area contributed by atoms with Crippen LogP contribution in [0.1, 0.15) is 91.7 Å². The zero-order valence-electron chi connectivity index (χ0n) is 28.7. The van der Waals surface area contributed by atoms with Gasteiger partial charge in [-0.2, -0.15) is 5.26 Å². The minimum atomic E-state index is -0.601. The molecule has 3 heterocycles. The predicted molar refractivity (Wildman–Crippen MR) is 172 cm³/mol. The molecule has 0 radical (unpaired) electrons. The maximum atomic E-state index is 12.5. The summed E-state index contributed by atoms with van der Waals surface area (Å²) in [5.74, 6) is 0.218. The van der Waals surface area contributed by atoms with Crippen LogP contribution < -0.4 is 5.32 Å². The van der Waals surface area contributed by atoms with Crippen LogP contribution in [0.2, 0.25) is 0 Å². The number of rotatable bonds is 16. The van der Waals surface area contributed by atoms with Gasteiger partial charge in [0.1, 0.15) is 42.0 Å². The number of amides is 2. The van der Waals surface area contributed by atoms with Gasteiger partial charge in [-0.1, -0.05) is 6.42 Å². The third kappa shape index (κ3) is 13.2. The summed E-state index contributed by atoms with van der Waals surface area (Å²) in [6.45, 7) is 12.9. The molecule has 14 heteroatoms. The largest absolute Gasteiger partial charge is 0.459 e. The number of nitrogens with zero attached hydrogens (tertiary/aromatic N) is 7. The summed E-state index contributed by atoms with van der Waals surface area (Å²) >= 11 is 0. The van der Waals surface area contributed by atoms with Crippen molar-refractivity contribution in [2.75, 3.05) is 19.6 Å². The summed E-state index contributed by atoms with van der Waals surface area (Å²) in [5.41, 5.74) is -1.20. The van der Waals surface area contributed by atoms with Gasteiger partial charge in [-0.3, -0.25) is 24.1 Å². The number of unbranched alkanes of at least 4 members (excludes halogenated alkanes) is 2. The monoisotopic (exact) mass is 654 g/mol. The van der Waals surface area contributed by atoms with E-state index < -0.39 is 17.2 Å². The number of hydrogen-bond acceptors (Lipinski definition) is 10. The first kappa shape index (κ1) is 37.2. The number of imidazole rings is 2. The predicted octanol–water partition coefficient (Wildman–Crippen LogP) is 2.96. The van der Waals surface area contributed by atoms with E-state index in [2.05, 4.69) is 26.3 Å². The molecule has 2 aromatic rings. The van der Waals surface area contributed by atoms with Crippen molar-refractivity contribution in [2.45, 2.75) is 123 Å². The molecule has 0 bridgehead atoms. The lowest BCUT2D eigenvalue weighted by atomic mass is 10.1. The highest BCUT2D eigenvalue weighted by Crippen LogP contribution is 2.17. The van der Waals surface area contributed by atoms with Crippen LogP contribution in [0.4, 0.5) is 0 Å². The fraction of sp³-hybridized carbons (Fsp3) is 0.667. The van der Waals surface area contributed by atoms with Crippen LogP contribution in [0, 0.1) is 11.3 Å². The summed E-state index contributed by atoms with van der Waals surface area (Å²) in [4.78, 5) is 62.6. The molecule has 1 saturated heterocycles. The molecule has 1 aliphatic heterocycles. The maximum Gasteiger partial charge on any atom is 0.326 e. The lowest BCUT2D eigenvalue weighted by Crippen LogP contribution is -2.42. The molecule has 0 aromatic carbocycles. The van der Waals surface area contributed by atoms with Crippen molar-refractivity contribution >= 4 is 23.8 Å². The second-order valence-corrected chi connectivity index (χ2v) is 13.8. The van der Waals surface area contributed by atoms with Crippen molar-refractivity contribution < 1.29 is 28.7 Å². The number of nitriles is 1. The normalized spacial score (nSPS) is 15.0. The molecular formula is C33H50N8O6. The van der Waals surface area contributed by atoms with E-state index in [4.69, 9.17) is 9.47 Å². The number of likely N-dealkylation sites (tertiary alicyclic amines) is 1. The van der Waals surface area contributed by atoms with Gasteiger partial charge in [-0.25, -0.2) is 9.97 Å². The Balaban J connectivity index is 1.57. The van der Waals surface area contributed by atoms with Gasteiger partial charge >= 0.3 is 11.9 Å². The molecular weight excluding hydrogens is 604 g/mol. The van der Waals surface area contributed by atoms with E-state index in [1.165, 1.54) is 4.90 Å². The van der Waals surface area contributed by atoms with E-state index in [0.29, 0.717) is 50.7 Å². The number of ether oxygens (including phenoxy) is 2. The molecule has 2 amide bonds. The SMILES string of the molecule is CC(C)(C)OC(=O)Cn1ccnc1CN(CCCCCC(=O)NCC(=O)N1CCC[C@H]1C#N)Cc1nccn1CC(=O)OC(C)(C)C. The molecule has 1 atom stereocenters. The molecule has 0 saturated carbocycles. The van der Waals surface area contributed by atoms with Gasteiger partial charge < -0.3 is 28.8 Å². The zero-order chi connectivity index (χ0) is 34.6. The van der Waals surface area contributed by atoms with Crippen LogP contribution in [0.5, 0.6) is 0 Å². The average Bonchev–Trinajstić information content (AvgIpc) is 3.71. The number of carbonyl (C=O) groups is 4. The van der Waals surface area contributed by atoms with E-state index >= 15 is 0 Å². The fourth-order valence-electron chi connectivity index (χ4n) is 5.27. The highest BCUT2D eigenvalue weighted by atomic mass is 16.6. The molecule has 1 aliphatic rings. The number of nitrogens with one attached hydrogen (secondary N) is 1. The van der Waals surface area contributed by atoms with E-state index in [9.17, 15) is 24.4 Å². The topological polar surface area (TPSA) is 165 Å². The Hall–Kier alpha value is -4.25. The molecule has 0 aliphatic carbocycles. The molecule has 2 aromatic heterocycles. The second-order valence-electron chi connectivity index (χ2n) is 13.8. The van der Waals surface area contributed by atoms with Crippen LogP contribution in [0.15, 0.2) is 24.8 Å². The molecule has 47 heavy (non-hydrogen) atoms. The Morgan fingerprint density at radius 1 is 0.915 bits per heavy atom. The highest BCUT2D eigenvalue weighted by Gasteiger charge is 2.28. The molecule has 3 rings (SSSR count). The molecule has 14 nitrogen and oxygen atoms in total. The van der Waals surface area contributed by atoms with Crippen LogP contribution in [0.3, 0.4) is 0 Å². The first-order chi connectivity index (χ1) is 22.1. The standard InChI is InChI=1S/C33H50N8O6/c1-32(2,3)46-30(44)23-39-17-13-35-26(39)21-38(22-27-36-14-18-40(27)24-31(45)47-33(4,5)6)15-9-7-8-12-28(42)37-20-29(43)41-16-10-11-25(41)19-34/h13-14,17-18,25H,7-12,15-16,20-24H2,1-6H3,(H,37,42)/t25-/m0/s1. The Labute approximate surface area is 277 Å². The molecule has 258 valence electrons. The summed E-state index contributed by atoms with van der Waals surface area (Å²) in [6, 6.07) is 1.73. The first-order valence-electron chi connectivity index (χ1n) is 16.3. The average molecular weight is 655 g/mol. The van der Waals surface area contributed by atoms with Crippen molar-refractivity contribution in [2.24, 2.45) is 0 Å². The number of hydrogen-bond donors (Lipinski definition) is 1. The van der Waals surface area contributed by atoms with Crippen molar-refractivity contribution in [3.63, 3.8) is 0 Å². The summed E-state index contributed by atoms with van der Waals surface area (Å²) in [7, 11) is 0. The van der Waals surface area contributed by atoms with Gasteiger partial charge in [0.2, 0.25) is 11.8 Å². The number of esters is 2. The smallest absolute Gasteiger partial charge is 0.326 e. The van der Waals surface area contributed by atoms with E-state index in [1.807, 2.05) is 41.5 Å². The first-order valence-corrected chi connectivity index (χ1v) is 16.3. The molecule has 1 N–H and O–H groups in total. The Morgan fingerprint density at radius 2 is 1.47 bits per heavy atom. The third-order valence-electron chi connectivity index (χ3n) is 7.31. The van der Waals surface area contributed by atoms with E-state index in [1.54, 1.807) is 33.9 Å². The van der Waals surface area contributed by atoms with Gasteiger partial charge in [-0.15, -0.1) is 0 Å². The molecule has 0 unspecified atom stereocenters. The van der Waals surface area contributed by atoms with Crippen molar-refractivity contribution in [1.82, 2.24) is 34.2 Å². The zero-order valence-corrected chi connectivity index (χ0v) is 28.7. The van der Waals surface area contributed by atoms with Crippen molar-refractivity contribution in [3.05, 3.63) is 36.4 Å². The van der Waals surface area contributed by atoms with Gasteiger partial charge in [0.05, 0.1) is 25.7 Å². The fourth-order valence-corrected chi connectivity index (χ4v) is 5.27. The summed E-state index contributed by atoms with van der Waals surface area (Å²) < 4.78 is 14.5. The van der Waals surface area contributed by atoms with Gasteiger partial charge in [0.25, 0.3) is 0 Å². The summed E-state index contributed by atoms with van der Waals surface area (Å²) in [6.07, 6.45) is 10.7. The minimum Gasteiger partial charge on any atom is -0.459 e. The van der Waals surface area contributed by atoms with Gasteiger partial charge in [-0.05, 0) is 73.8 Å². The van der Waals surface area contributed by atoms with Crippen LogP contribution in [-0.2, 0) is 54.8 Å². The number of aromatic nitrogens is 4. The quantitative estimate of drug-likeness (QED) is 0.210. The Kier molecular flexibility index (Phi) is 13.5. The second kappa shape index (κ2) is 17.1.